The summed E-state index contributed by atoms with van der Waals surface area (Å²) >= 11 is 0. The quantitative estimate of drug-likeness (QED) is 0.600. The van der Waals surface area contributed by atoms with Crippen molar-refractivity contribution in [1.29, 1.82) is 0 Å². The first-order chi connectivity index (χ1) is 5.50. The molecule has 5 heteroatoms. The highest BCUT2D eigenvalue weighted by atomic mass is 19.4. The highest BCUT2D eigenvalue weighted by Crippen LogP contribution is 2.20. The van der Waals surface area contributed by atoms with Crippen LogP contribution in [0.4, 0.5) is 13.2 Å². The Hall–Kier alpha value is -1.00. The van der Waals surface area contributed by atoms with E-state index in [0.29, 0.717) is 5.56 Å². The number of hydrogen-bond donors (Lipinski definition) is 0. The Morgan fingerprint density at radius 3 is 2.00 bits per heavy atom. The lowest BCUT2D eigenvalue weighted by atomic mass is 10.4. The lowest BCUT2D eigenvalue weighted by Gasteiger charge is -2.03. The summed E-state index contributed by atoms with van der Waals surface area (Å²) in [6, 6.07) is 0. The maximum atomic E-state index is 11.7. The van der Waals surface area contributed by atoms with Crippen LogP contribution in [-0.2, 0) is 6.30 Å². The molecule has 1 aromatic rings. The summed E-state index contributed by atoms with van der Waals surface area (Å²) in [5.41, 5.74) is 0.498. The molecule has 0 amide bonds. The topological polar surface area (TPSA) is 17.8 Å². The van der Waals surface area contributed by atoms with E-state index in [4.69, 9.17) is 0 Å². The molecule has 0 aromatic carbocycles. The summed E-state index contributed by atoms with van der Waals surface area (Å²) in [5, 5.41) is 3.08. The summed E-state index contributed by atoms with van der Waals surface area (Å²) in [6.45, 7) is 5.55. The molecular weight excluding hydrogens is 169 g/mol. The molecule has 0 aliphatic carbocycles. The van der Waals surface area contributed by atoms with Gasteiger partial charge in [-0.1, -0.05) is 13.8 Å². The minimum absolute atomic E-state index is 0.0255. The molecule has 0 saturated carbocycles. The van der Waals surface area contributed by atoms with E-state index in [1.54, 1.807) is 6.92 Å². The lowest BCUT2D eigenvalue weighted by molar-refractivity contribution is -0.212. The monoisotopic (exact) mass is 180 g/mol. The van der Waals surface area contributed by atoms with Crippen LogP contribution in [0.3, 0.4) is 0 Å². The predicted molar refractivity (Wildman–Crippen MR) is 39.6 cm³/mol. The van der Waals surface area contributed by atoms with Crippen molar-refractivity contribution in [2.24, 2.45) is 0 Å². The molecular formula is C7H11F3N2. The maximum absolute atomic E-state index is 11.7. The van der Waals surface area contributed by atoms with Crippen molar-refractivity contribution in [3.8, 4) is 0 Å². The first-order valence-electron chi connectivity index (χ1n) is 3.58. The van der Waals surface area contributed by atoms with Crippen molar-refractivity contribution >= 4 is 0 Å². The maximum Gasteiger partial charge on any atom is 0.504 e. The molecule has 12 heavy (non-hydrogen) atoms. The van der Waals surface area contributed by atoms with Gasteiger partial charge in [0.1, 0.15) is 0 Å². The van der Waals surface area contributed by atoms with Gasteiger partial charge in [0, 0.05) is 6.20 Å². The third kappa shape index (κ3) is 2.94. The van der Waals surface area contributed by atoms with Gasteiger partial charge in [-0.2, -0.15) is 9.78 Å². The van der Waals surface area contributed by atoms with E-state index < -0.39 is 6.30 Å². The molecule has 0 bridgehead atoms. The van der Waals surface area contributed by atoms with E-state index >= 15 is 0 Å². The zero-order chi connectivity index (χ0) is 9.78. The van der Waals surface area contributed by atoms with Crippen molar-refractivity contribution in [3.63, 3.8) is 0 Å². The molecule has 0 saturated heterocycles. The van der Waals surface area contributed by atoms with Crippen molar-refractivity contribution in [1.82, 2.24) is 9.78 Å². The fourth-order valence-corrected chi connectivity index (χ4v) is 0.551. The van der Waals surface area contributed by atoms with Crippen LogP contribution in [0, 0.1) is 6.92 Å². The van der Waals surface area contributed by atoms with Crippen molar-refractivity contribution in [2.45, 2.75) is 27.1 Å². The van der Waals surface area contributed by atoms with E-state index in [9.17, 15) is 13.2 Å². The molecule has 1 rings (SSSR count). The average molecular weight is 180 g/mol. The summed E-state index contributed by atoms with van der Waals surface area (Å²) in [4.78, 5) is 0. The number of hydrogen-bond acceptors (Lipinski definition) is 1. The molecule has 1 aromatic heterocycles. The van der Waals surface area contributed by atoms with Gasteiger partial charge in [-0.15, -0.1) is 13.2 Å². The third-order valence-corrected chi connectivity index (χ3v) is 0.971. The molecule has 70 valence electrons. The Morgan fingerprint density at radius 1 is 1.33 bits per heavy atom. The van der Waals surface area contributed by atoms with Crippen molar-refractivity contribution in [2.75, 3.05) is 0 Å². The molecule has 0 atom stereocenters. The first-order valence-corrected chi connectivity index (χ1v) is 3.58. The SMILES string of the molecule is CC.Cc1cnn(C(F)(F)F)c1. The van der Waals surface area contributed by atoms with Gasteiger partial charge in [0.25, 0.3) is 0 Å². The van der Waals surface area contributed by atoms with Gasteiger partial charge >= 0.3 is 6.30 Å². The Bertz CT molecular complexity index is 227. The molecule has 0 fully saturated rings. The van der Waals surface area contributed by atoms with Gasteiger partial charge in [0.05, 0.1) is 6.20 Å². The molecule has 0 spiro atoms. The largest absolute Gasteiger partial charge is 0.504 e. The highest BCUT2D eigenvalue weighted by molar-refractivity contribution is 4.99. The number of rotatable bonds is 0. The van der Waals surface area contributed by atoms with Gasteiger partial charge < -0.3 is 0 Å². The number of halogens is 3. The normalized spacial score (nSPS) is 10.5. The molecule has 0 unspecified atom stereocenters. The van der Waals surface area contributed by atoms with E-state index in [1.165, 1.54) is 0 Å². The van der Waals surface area contributed by atoms with Gasteiger partial charge in [0.15, 0.2) is 0 Å². The van der Waals surface area contributed by atoms with Crippen molar-refractivity contribution in [3.05, 3.63) is 18.0 Å². The zero-order valence-corrected chi connectivity index (χ0v) is 7.18. The Morgan fingerprint density at radius 2 is 1.83 bits per heavy atom. The second kappa shape index (κ2) is 4.13. The molecule has 0 radical (unpaired) electrons. The number of nitrogens with zero attached hydrogens (tertiary/aromatic N) is 2. The first kappa shape index (κ1) is 11.0. The van der Waals surface area contributed by atoms with Crippen LogP contribution >= 0.6 is 0 Å². The summed E-state index contributed by atoms with van der Waals surface area (Å²) < 4.78 is 35.1. The van der Waals surface area contributed by atoms with Crippen molar-refractivity contribution < 1.29 is 13.2 Å². The second-order valence-corrected chi connectivity index (χ2v) is 1.93. The van der Waals surface area contributed by atoms with Crippen LogP contribution < -0.4 is 0 Å². The molecule has 1 heterocycles. The van der Waals surface area contributed by atoms with Crippen LogP contribution in [0.15, 0.2) is 12.4 Å². The highest BCUT2D eigenvalue weighted by Gasteiger charge is 2.30. The van der Waals surface area contributed by atoms with E-state index in [2.05, 4.69) is 5.10 Å². The second-order valence-electron chi connectivity index (χ2n) is 1.93. The Balaban J connectivity index is 0.000000561. The standard InChI is InChI=1S/C5H5F3N2.C2H6/c1-4-2-9-10(3-4)5(6,7)8;1-2/h2-3H,1H3;1-2H3. The van der Waals surface area contributed by atoms with Gasteiger partial charge in [-0.25, -0.2) is 0 Å². The lowest BCUT2D eigenvalue weighted by Crippen LogP contribution is -2.16. The van der Waals surface area contributed by atoms with Gasteiger partial charge in [0.2, 0.25) is 0 Å². The third-order valence-electron chi connectivity index (χ3n) is 0.971. The van der Waals surface area contributed by atoms with E-state index in [1.807, 2.05) is 13.8 Å². The number of alkyl halides is 3. The minimum atomic E-state index is -4.38. The summed E-state index contributed by atoms with van der Waals surface area (Å²) in [6.07, 6.45) is -2.29. The van der Waals surface area contributed by atoms with Crippen LogP contribution in [-0.4, -0.2) is 9.78 Å². The fourth-order valence-electron chi connectivity index (χ4n) is 0.551. The predicted octanol–water partition coefficient (Wildman–Crippen LogP) is 2.69. The van der Waals surface area contributed by atoms with Crippen LogP contribution in [0.5, 0.6) is 0 Å². The zero-order valence-electron chi connectivity index (χ0n) is 7.18. The minimum Gasteiger partial charge on any atom is -0.179 e. The smallest absolute Gasteiger partial charge is 0.179 e. The average Bonchev–Trinajstić information content (AvgIpc) is 2.39. The summed E-state index contributed by atoms with van der Waals surface area (Å²) in [7, 11) is 0. The van der Waals surface area contributed by atoms with Gasteiger partial charge in [-0.05, 0) is 12.5 Å². The Labute approximate surface area is 69.0 Å². The molecule has 0 aliphatic heterocycles. The van der Waals surface area contributed by atoms with Gasteiger partial charge in [-0.3, -0.25) is 0 Å². The molecule has 0 aliphatic rings. The number of aryl methyl sites for hydroxylation is 1. The van der Waals surface area contributed by atoms with E-state index in [0.717, 1.165) is 12.4 Å². The van der Waals surface area contributed by atoms with Crippen LogP contribution in [0.2, 0.25) is 0 Å². The molecule has 0 N–H and O–H groups in total. The van der Waals surface area contributed by atoms with E-state index in [-0.39, 0.29) is 4.68 Å². The molecule has 2 nitrogen and oxygen atoms in total. The number of aromatic nitrogens is 2. The van der Waals surface area contributed by atoms with Crippen LogP contribution in [0.1, 0.15) is 19.4 Å². The summed E-state index contributed by atoms with van der Waals surface area (Å²) in [5.74, 6) is 0. The Kier molecular flexibility index (Phi) is 3.79. The van der Waals surface area contributed by atoms with Crippen LogP contribution in [0.25, 0.3) is 0 Å². The fraction of sp³-hybridized carbons (Fsp3) is 0.571.